The van der Waals surface area contributed by atoms with Gasteiger partial charge >= 0.3 is 0 Å². The Bertz CT molecular complexity index is 407. The average Bonchev–Trinajstić information content (AvgIpc) is 2.36. The van der Waals surface area contributed by atoms with Crippen LogP contribution in [0.4, 0.5) is 11.4 Å². The quantitative estimate of drug-likeness (QED) is 0.598. The minimum Gasteiger partial charge on any atom is -0.385 e. The Hall–Kier alpha value is -1.62. The summed E-state index contributed by atoms with van der Waals surface area (Å²) in [6.07, 6.45) is 1.03. The van der Waals surface area contributed by atoms with Gasteiger partial charge < -0.3 is 10.2 Å². The van der Waals surface area contributed by atoms with Crippen LogP contribution < -0.4 is 5.32 Å². The molecule has 0 radical (unpaired) electrons. The topological polar surface area (TPSA) is 58.4 Å². The molecular weight excluding hydrogens is 230 g/mol. The highest BCUT2D eigenvalue weighted by molar-refractivity contribution is 5.56. The summed E-state index contributed by atoms with van der Waals surface area (Å²) >= 11 is 0. The van der Waals surface area contributed by atoms with Crippen molar-refractivity contribution in [2.75, 3.05) is 25.5 Å². The molecule has 0 fully saturated rings. The maximum Gasteiger partial charge on any atom is 0.269 e. The molecule has 1 N–H and O–H groups in total. The van der Waals surface area contributed by atoms with E-state index in [4.69, 9.17) is 0 Å². The second-order valence-corrected chi connectivity index (χ2v) is 4.36. The molecule has 100 valence electrons. The SMILES string of the molecule is CCCNc1ccc([N+](=O)[O-])cc1CN(C)CC. The van der Waals surface area contributed by atoms with E-state index >= 15 is 0 Å². The first-order chi connectivity index (χ1) is 8.58. The predicted octanol–water partition coefficient (Wildman–Crippen LogP) is 2.87. The van der Waals surface area contributed by atoms with E-state index in [1.54, 1.807) is 18.2 Å². The summed E-state index contributed by atoms with van der Waals surface area (Å²) in [4.78, 5) is 12.6. The van der Waals surface area contributed by atoms with Gasteiger partial charge in [0, 0.05) is 30.9 Å². The first-order valence-electron chi connectivity index (χ1n) is 6.28. The Balaban J connectivity index is 2.97. The third kappa shape index (κ3) is 4.00. The summed E-state index contributed by atoms with van der Waals surface area (Å²) in [5.74, 6) is 0. The minimum absolute atomic E-state index is 0.150. The molecule has 0 amide bonds. The molecule has 0 spiro atoms. The van der Waals surface area contributed by atoms with Crippen molar-refractivity contribution in [3.8, 4) is 0 Å². The van der Waals surface area contributed by atoms with Crippen LogP contribution in [0.2, 0.25) is 0 Å². The fourth-order valence-corrected chi connectivity index (χ4v) is 1.66. The molecule has 0 saturated heterocycles. The molecule has 0 bridgehead atoms. The molecule has 1 aromatic rings. The van der Waals surface area contributed by atoms with E-state index in [0.717, 1.165) is 30.8 Å². The number of nitro groups is 1. The van der Waals surface area contributed by atoms with Gasteiger partial charge in [0.05, 0.1) is 4.92 Å². The Morgan fingerprint density at radius 2 is 2.11 bits per heavy atom. The van der Waals surface area contributed by atoms with Crippen molar-refractivity contribution in [1.29, 1.82) is 0 Å². The van der Waals surface area contributed by atoms with E-state index in [1.165, 1.54) is 0 Å². The van der Waals surface area contributed by atoms with Crippen molar-refractivity contribution in [1.82, 2.24) is 4.90 Å². The van der Waals surface area contributed by atoms with Gasteiger partial charge in [-0.15, -0.1) is 0 Å². The monoisotopic (exact) mass is 251 g/mol. The van der Waals surface area contributed by atoms with Crippen molar-refractivity contribution in [2.45, 2.75) is 26.8 Å². The lowest BCUT2D eigenvalue weighted by Gasteiger charge is -2.17. The highest BCUT2D eigenvalue weighted by atomic mass is 16.6. The normalized spacial score (nSPS) is 10.7. The van der Waals surface area contributed by atoms with Crippen LogP contribution in [0, 0.1) is 10.1 Å². The number of nitrogens with one attached hydrogen (secondary N) is 1. The molecule has 5 nitrogen and oxygen atoms in total. The van der Waals surface area contributed by atoms with Crippen molar-refractivity contribution in [3.05, 3.63) is 33.9 Å². The van der Waals surface area contributed by atoms with Gasteiger partial charge in [-0.3, -0.25) is 10.1 Å². The zero-order valence-corrected chi connectivity index (χ0v) is 11.3. The van der Waals surface area contributed by atoms with E-state index in [1.807, 2.05) is 7.05 Å². The van der Waals surface area contributed by atoms with E-state index < -0.39 is 0 Å². The molecule has 0 heterocycles. The van der Waals surface area contributed by atoms with Gasteiger partial charge in [0.25, 0.3) is 5.69 Å². The molecule has 0 aliphatic rings. The molecule has 5 heteroatoms. The molecule has 0 aliphatic heterocycles. The third-order valence-corrected chi connectivity index (χ3v) is 2.85. The fourth-order valence-electron chi connectivity index (χ4n) is 1.66. The van der Waals surface area contributed by atoms with Crippen molar-refractivity contribution >= 4 is 11.4 Å². The molecule has 0 aliphatic carbocycles. The smallest absolute Gasteiger partial charge is 0.269 e. The Labute approximate surface area is 108 Å². The van der Waals surface area contributed by atoms with Crippen LogP contribution in [0.15, 0.2) is 18.2 Å². The van der Waals surface area contributed by atoms with Crippen molar-refractivity contribution in [2.24, 2.45) is 0 Å². The van der Waals surface area contributed by atoms with Crippen LogP contribution in [0.5, 0.6) is 0 Å². The number of anilines is 1. The molecule has 0 aromatic heterocycles. The summed E-state index contributed by atoms with van der Waals surface area (Å²) < 4.78 is 0. The zero-order valence-electron chi connectivity index (χ0n) is 11.3. The second-order valence-electron chi connectivity index (χ2n) is 4.36. The number of nitro benzene ring substituents is 1. The van der Waals surface area contributed by atoms with Crippen LogP contribution >= 0.6 is 0 Å². The van der Waals surface area contributed by atoms with Crippen molar-refractivity contribution < 1.29 is 4.92 Å². The van der Waals surface area contributed by atoms with Gasteiger partial charge in [-0.25, -0.2) is 0 Å². The van der Waals surface area contributed by atoms with E-state index in [0.29, 0.717) is 6.54 Å². The Kier molecular flexibility index (Phi) is 5.58. The first kappa shape index (κ1) is 14.4. The Morgan fingerprint density at radius 1 is 1.39 bits per heavy atom. The summed E-state index contributed by atoms with van der Waals surface area (Å²) in [5, 5.41) is 14.1. The summed E-state index contributed by atoms with van der Waals surface area (Å²) in [7, 11) is 2.00. The van der Waals surface area contributed by atoms with Gasteiger partial charge in [0.15, 0.2) is 0 Å². The third-order valence-electron chi connectivity index (χ3n) is 2.85. The first-order valence-corrected chi connectivity index (χ1v) is 6.28. The van der Waals surface area contributed by atoms with Crippen LogP contribution in [0.3, 0.4) is 0 Å². The number of benzene rings is 1. The van der Waals surface area contributed by atoms with Crippen LogP contribution in [0.25, 0.3) is 0 Å². The molecule has 0 saturated carbocycles. The lowest BCUT2D eigenvalue weighted by Crippen LogP contribution is -2.18. The van der Waals surface area contributed by atoms with E-state index in [-0.39, 0.29) is 10.6 Å². The van der Waals surface area contributed by atoms with Gasteiger partial charge in [-0.2, -0.15) is 0 Å². The summed E-state index contributed by atoms with van der Waals surface area (Å²) in [5.41, 5.74) is 2.11. The van der Waals surface area contributed by atoms with Gasteiger partial charge in [0.2, 0.25) is 0 Å². The number of non-ortho nitro benzene ring substituents is 1. The summed E-state index contributed by atoms with van der Waals surface area (Å²) in [6, 6.07) is 5.00. The predicted molar refractivity (Wildman–Crippen MR) is 73.9 cm³/mol. The zero-order chi connectivity index (χ0) is 13.5. The number of rotatable bonds is 7. The average molecular weight is 251 g/mol. The number of hydrogen-bond acceptors (Lipinski definition) is 4. The second kappa shape index (κ2) is 6.96. The standard InChI is InChI=1S/C13H21N3O2/c1-4-8-14-13-7-6-12(16(17)18)9-11(13)10-15(3)5-2/h6-7,9,14H,4-5,8,10H2,1-3H3. The van der Waals surface area contributed by atoms with Crippen LogP contribution in [-0.4, -0.2) is 30.0 Å². The number of hydrogen-bond donors (Lipinski definition) is 1. The molecule has 1 rings (SSSR count). The largest absolute Gasteiger partial charge is 0.385 e. The van der Waals surface area contributed by atoms with Gasteiger partial charge in [-0.05, 0) is 31.6 Å². The van der Waals surface area contributed by atoms with Gasteiger partial charge in [0.1, 0.15) is 0 Å². The lowest BCUT2D eigenvalue weighted by molar-refractivity contribution is -0.384. The molecule has 0 unspecified atom stereocenters. The highest BCUT2D eigenvalue weighted by Crippen LogP contribution is 2.23. The van der Waals surface area contributed by atoms with Crippen LogP contribution in [-0.2, 0) is 6.54 Å². The van der Waals surface area contributed by atoms with E-state index in [2.05, 4.69) is 24.1 Å². The molecule has 18 heavy (non-hydrogen) atoms. The van der Waals surface area contributed by atoms with E-state index in [9.17, 15) is 10.1 Å². The fraction of sp³-hybridized carbons (Fsp3) is 0.538. The maximum absolute atomic E-state index is 10.8. The van der Waals surface area contributed by atoms with Gasteiger partial charge in [-0.1, -0.05) is 13.8 Å². The minimum atomic E-state index is -0.348. The van der Waals surface area contributed by atoms with Crippen LogP contribution in [0.1, 0.15) is 25.8 Å². The maximum atomic E-state index is 10.8. The van der Waals surface area contributed by atoms with Crippen molar-refractivity contribution in [3.63, 3.8) is 0 Å². The number of nitrogens with zero attached hydrogens (tertiary/aromatic N) is 2. The highest BCUT2D eigenvalue weighted by Gasteiger charge is 2.11. The molecule has 0 atom stereocenters. The lowest BCUT2D eigenvalue weighted by atomic mass is 10.1. The summed E-state index contributed by atoms with van der Waals surface area (Å²) in [6.45, 7) is 6.66. The molecule has 1 aromatic carbocycles. The Morgan fingerprint density at radius 3 is 2.67 bits per heavy atom. The molecular formula is C13H21N3O2.